The molecule has 1 amide bonds. The van der Waals surface area contributed by atoms with Crippen LogP contribution in [0.5, 0.6) is 0 Å². The first-order chi connectivity index (χ1) is 9.25. The zero-order valence-electron chi connectivity index (χ0n) is 11.3. The van der Waals surface area contributed by atoms with Crippen LogP contribution >= 0.6 is 26.6 Å². The Hall–Kier alpha value is -0.590. The molecule has 0 aromatic heterocycles. The molecule has 7 heteroatoms. The molecule has 1 unspecified atom stereocenters. The van der Waals surface area contributed by atoms with Gasteiger partial charge in [0.15, 0.2) is 0 Å². The minimum absolute atomic E-state index is 0.0330. The predicted octanol–water partition coefficient (Wildman–Crippen LogP) is 3.69. The summed E-state index contributed by atoms with van der Waals surface area (Å²) in [5.74, 6) is -0.317. The highest BCUT2D eigenvalue weighted by Gasteiger charge is 2.17. The fourth-order valence-corrected chi connectivity index (χ4v) is 2.92. The second-order valence-electron chi connectivity index (χ2n) is 4.60. The molecule has 0 fully saturated rings. The molecule has 0 bridgehead atoms. The summed E-state index contributed by atoms with van der Waals surface area (Å²) in [5, 5.41) is 2.84. The Morgan fingerprint density at radius 2 is 2.10 bits per heavy atom. The number of benzene rings is 1. The van der Waals surface area contributed by atoms with Crippen molar-refractivity contribution in [1.29, 1.82) is 0 Å². The molecule has 0 aliphatic carbocycles. The van der Waals surface area contributed by atoms with Gasteiger partial charge in [0, 0.05) is 21.2 Å². The molecule has 0 saturated carbocycles. The van der Waals surface area contributed by atoms with Crippen LogP contribution in [0.25, 0.3) is 0 Å². The highest BCUT2D eigenvalue weighted by Crippen LogP contribution is 2.23. The summed E-state index contributed by atoms with van der Waals surface area (Å²) in [5.41, 5.74) is 0.259. The maximum absolute atomic E-state index is 12.1. The summed E-state index contributed by atoms with van der Waals surface area (Å²) in [6, 6.07) is 4.16. The molecule has 0 spiro atoms. The van der Waals surface area contributed by atoms with Gasteiger partial charge in [0.05, 0.1) is 10.5 Å². The van der Waals surface area contributed by atoms with Gasteiger partial charge in [-0.2, -0.15) is 0 Å². The predicted molar refractivity (Wildman–Crippen MR) is 83.6 cm³/mol. The Labute approximate surface area is 132 Å². The second kappa shape index (κ2) is 7.43. The Balaban J connectivity index is 2.93. The molecule has 0 aliphatic heterocycles. The molecule has 1 atom stereocenters. The third-order valence-corrected chi connectivity index (χ3v) is 4.88. The SMILES string of the molecule is CCCCC(C)NC(=O)c1cc(S(=O)(=O)Cl)ccc1Br. The lowest BCUT2D eigenvalue weighted by molar-refractivity contribution is 0.0937. The van der Waals surface area contributed by atoms with Crippen LogP contribution < -0.4 is 5.32 Å². The van der Waals surface area contributed by atoms with Gasteiger partial charge in [-0.05, 0) is 47.5 Å². The molecule has 1 aromatic rings. The molecule has 0 radical (unpaired) electrons. The van der Waals surface area contributed by atoms with E-state index >= 15 is 0 Å². The Morgan fingerprint density at radius 3 is 2.65 bits per heavy atom. The van der Waals surface area contributed by atoms with Gasteiger partial charge in [-0.3, -0.25) is 4.79 Å². The third kappa shape index (κ3) is 5.07. The average Bonchev–Trinajstić information content (AvgIpc) is 2.35. The number of carbonyl (C=O) groups is 1. The van der Waals surface area contributed by atoms with Crippen molar-refractivity contribution in [3.8, 4) is 0 Å². The third-order valence-electron chi connectivity index (χ3n) is 2.83. The molecular formula is C13H17BrClNO3S. The lowest BCUT2D eigenvalue weighted by Crippen LogP contribution is -2.32. The van der Waals surface area contributed by atoms with Crippen LogP contribution in [0.15, 0.2) is 27.6 Å². The quantitative estimate of drug-likeness (QED) is 0.763. The van der Waals surface area contributed by atoms with E-state index in [2.05, 4.69) is 28.2 Å². The van der Waals surface area contributed by atoms with Crippen LogP contribution in [-0.4, -0.2) is 20.4 Å². The first-order valence-corrected chi connectivity index (χ1v) is 9.41. The van der Waals surface area contributed by atoms with Crippen molar-refractivity contribution >= 4 is 41.6 Å². The number of rotatable bonds is 6. The average molecular weight is 383 g/mol. The van der Waals surface area contributed by atoms with Crippen molar-refractivity contribution in [1.82, 2.24) is 5.32 Å². The summed E-state index contributed by atoms with van der Waals surface area (Å²) in [6.45, 7) is 4.00. The number of carbonyl (C=O) groups excluding carboxylic acids is 1. The molecular weight excluding hydrogens is 366 g/mol. The fourth-order valence-electron chi connectivity index (χ4n) is 1.71. The van der Waals surface area contributed by atoms with Crippen molar-refractivity contribution in [3.63, 3.8) is 0 Å². The number of unbranched alkanes of at least 4 members (excludes halogenated alkanes) is 1. The van der Waals surface area contributed by atoms with Crippen LogP contribution in [0.4, 0.5) is 0 Å². The maximum atomic E-state index is 12.1. The van der Waals surface area contributed by atoms with Gasteiger partial charge in [0.25, 0.3) is 15.0 Å². The van der Waals surface area contributed by atoms with Crippen LogP contribution in [0.1, 0.15) is 43.5 Å². The minimum Gasteiger partial charge on any atom is -0.350 e. The van der Waals surface area contributed by atoms with Gasteiger partial charge in [0.1, 0.15) is 0 Å². The van der Waals surface area contributed by atoms with Crippen LogP contribution in [0, 0.1) is 0 Å². The molecule has 1 rings (SSSR count). The molecule has 112 valence electrons. The summed E-state index contributed by atoms with van der Waals surface area (Å²) in [6.07, 6.45) is 2.97. The molecule has 20 heavy (non-hydrogen) atoms. The van der Waals surface area contributed by atoms with E-state index in [1.54, 1.807) is 0 Å². The van der Waals surface area contributed by atoms with E-state index in [1.807, 2.05) is 6.92 Å². The summed E-state index contributed by atoms with van der Waals surface area (Å²) in [4.78, 5) is 12.1. The molecule has 0 heterocycles. The van der Waals surface area contributed by atoms with Gasteiger partial charge in [0.2, 0.25) is 0 Å². The van der Waals surface area contributed by atoms with E-state index in [1.165, 1.54) is 18.2 Å². The largest absolute Gasteiger partial charge is 0.350 e. The van der Waals surface area contributed by atoms with E-state index in [0.717, 1.165) is 19.3 Å². The first-order valence-electron chi connectivity index (χ1n) is 6.30. The topological polar surface area (TPSA) is 63.2 Å². The Bertz CT molecular complexity index is 589. The first kappa shape index (κ1) is 17.5. The van der Waals surface area contributed by atoms with Crippen molar-refractivity contribution in [3.05, 3.63) is 28.2 Å². The number of amides is 1. The highest BCUT2D eigenvalue weighted by molar-refractivity contribution is 9.10. The van der Waals surface area contributed by atoms with E-state index < -0.39 is 9.05 Å². The Kier molecular flexibility index (Phi) is 6.48. The molecule has 1 aromatic carbocycles. The van der Waals surface area contributed by atoms with Gasteiger partial charge in [-0.15, -0.1) is 0 Å². The summed E-state index contributed by atoms with van der Waals surface area (Å²) < 4.78 is 23.1. The van der Waals surface area contributed by atoms with Gasteiger partial charge in [-0.25, -0.2) is 8.42 Å². The van der Waals surface area contributed by atoms with Gasteiger partial charge >= 0.3 is 0 Å². The van der Waals surface area contributed by atoms with E-state index in [4.69, 9.17) is 10.7 Å². The van der Waals surface area contributed by atoms with E-state index in [-0.39, 0.29) is 22.4 Å². The van der Waals surface area contributed by atoms with E-state index in [0.29, 0.717) is 4.47 Å². The summed E-state index contributed by atoms with van der Waals surface area (Å²) in [7, 11) is 1.44. The molecule has 0 saturated heterocycles. The minimum atomic E-state index is -3.85. The number of nitrogens with one attached hydrogen (secondary N) is 1. The van der Waals surface area contributed by atoms with Crippen molar-refractivity contribution < 1.29 is 13.2 Å². The van der Waals surface area contributed by atoms with Crippen molar-refractivity contribution in [2.75, 3.05) is 0 Å². The summed E-state index contributed by atoms with van der Waals surface area (Å²) >= 11 is 3.24. The number of hydrogen-bond acceptors (Lipinski definition) is 3. The van der Waals surface area contributed by atoms with Gasteiger partial charge in [-0.1, -0.05) is 19.8 Å². The normalized spacial score (nSPS) is 13.0. The standard InChI is InChI=1S/C13H17BrClNO3S/c1-3-4-5-9(2)16-13(17)11-8-10(20(15,18)19)6-7-12(11)14/h6-9H,3-5H2,1-2H3,(H,16,17). The smallest absolute Gasteiger partial charge is 0.261 e. The van der Waals surface area contributed by atoms with Crippen LogP contribution in [0.2, 0.25) is 0 Å². The van der Waals surface area contributed by atoms with Crippen molar-refractivity contribution in [2.45, 2.75) is 44.0 Å². The maximum Gasteiger partial charge on any atom is 0.261 e. The Morgan fingerprint density at radius 1 is 1.45 bits per heavy atom. The lowest BCUT2D eigenvalue weighted by Gasteiger charge is -2.14. The zero-order valence-corrected chi connectivity index (χ0v) is 14.5. The lowest BCUT2D eigenvalue weighted by atomic mass is 10.1. The zero-order chi connectivity index (χ0) is 15.3. The van der Waals surface area contributed by atoms with E-state index in [9.17, 15) is 13.2 Å². The number of halogens is 2. The fraction of sp³-hybridized carbons (Fsp3) is 0.462. The second-order valence-corrected chi connectivity index (χ2v) is 8.02. The van der Waals surface area contributed by atoms with Crippen molar-refractivity contribution in [2.24, 2.45) is 0 Å². The monoisotopic (exact) mass is 381 g/mol. The number of hydrogen-bond donors (Lipinski definition) is 1. The molecule has 0 aliphatic rings. The molecule has 1 N–H and O–H groups in total. The van der Waals surface area contributed by atoms with Crippen LogP contribution in [-0.2, 0) is 9.05 Å². The van der Waals surface area contributed by atoms with Gasteiger partial charge < -0.3 is 5.32 Å². The highest BCUT2D eigenvalue weighted by atomic mass is 79.9. The molecule has 4 nitrogen and oxygen atoms in total. The van der Waals surface area contributed by atoms with Crippen LogP contribution in [0.3, 0.4) is 0 Å².